The number of aliphatic hydroxyl groups excluding tert-OH is 16. The van der Waals surface area contributed by atoms with Crippen LogP contribution in [0.15, 0.2) is 0 Å². The fraction of sp³-hybridized carbons (Fsp3) is 0.943. The predicted molar refractivity (Wildman–Crippen MR) is 195 cm³/mol. The SMILES string of the molecule is CC(=O)N[C@@H](CO)[C@@H](O[C@H]1O[C@H](CO)[C@H](O)[C@H](O)[C@H]1O[C@@H]1O[C@@H](C)[C@@H](O)[C@@H](O)[C@@H]1O)[C@@H](O)[C@H](O)CO[C@]1(C(=O)O)C[C@H](O[C@@H]2O[C@@H](C)[C@@H](O)[C@@H](O)[C@@H]2O)[C@@H](O)[C@H]([C@H](O)[C@H](O)CO)O1. The molecule has 4 aliphatic rings. The molecule has 0 bridgehead atoms. The van der Waals surface area contributed by atoms with Gasteiger partial charge in [-0.25, -0.2) is 4.79 Å². The van der Waals surface area contributed by atoms with Gasteiger partial charge in [0.15, 0.2) is 18.9 Å². The summed E-state index contributed by atoms with van der Waals surface area (Å²) in [5.41, 5.74) is 0. The largest absolute Gasteiger partial charge is 0.477 e. The minimum atomic E-state index is -3.13. The van der Waals surface area contributed by atoms with E-state index in [1.54, 1.807) is 0 Å². The molecule has 0 aromatic rings. The Morgan fingerprint density at radius 1 is 0.698 bits per heavy atom. The lowest BCUT2D eigenvalue weighted by atomic mass is 9.90. The zero-order valence-electron chi connectivity index (χ0n) is 34.1. The number of carbonyl (C=O) groups is 2. The quantitative estimate of drug-likeness (QED) is 0.0572. The number of aliphatic hydroxyl groups is 16. The van der Waals surface area contributed by atoms with E-state index in [-0.39, 0.29) is 0 Å². The van der Waals surface area contributed by atoms with Crippen molar-refractivity contribution < 1.29 is 134 Å². The van der Waals surface area contributed by atoms with Crippen LogP contribution in [0.5, 0.6) is 0 Å². The summed E-state index contributed by atoms with van der Waals surface area (Å²) in [6.45, 7) is -0.996. The average molecular weight is 928 g/mol. The summed E-state index contributed by atoms with van der Waals surface area (Å²) >= 11 is 0. The van der Waals surface area contributed by atoms with Gasteiger partial charge in [-0.1, -0.05) is 0 Å². The molecule has 0 aromatic carbocycles. The van der Waals surface area contributed by atoms with Gasteiger partial charge in [-0.3, -0.25) is 4.79 Å². The van der Waals surface area contributed by atoms with E-state index in [9.17, 15) is 96.4 Å². The minimum absolute atomic E-state index is 0.856. The van der Waals surface area contributed by atoms with E-state index in [1.165, 1.54) is 13.8 Å². The molecule has 25 atom stereocenters. The highest BCUT2D eigenvalue weighted by Gasteiger charge is 2.58. The van der Waals surface area contributed by atoms with Crippen LogP contribution in [-0.2, 0) is 47.5 Å². The van der Waals surface area contributed by atoms with E-state index in [1.807, 2.05) is 0 Å². The molecule has 4 fully saturated rings. The Balaban J connectivity index is 1.65. The van der Waals surface area contributed by atoms with Gasteiger partial charge < -0.3 is 130 Å². The summed E-state index contributed by atoms with van der Waals surface area (Å²) in [4.78, 5) is 25.2. The molecule has 28 nitrogen and oxygen atoms in total. The topological polar surface area (TPSA) is 464 Å². The van der Waals surface area contributed by atoms with Crippen LogP contribution in [-0.4, -0.2) is 278 Å². The summed E-state index contributed by atoms with van der Waals surface area (Å²) in [7, 11) is 0. The Morgan fingerprint density at radius 2 is 1.25 bits per heavy atom. The number of aliphatic carboxylic acids is 1. The molecule has 4 heterocycles. The molecule has 4 saturated heterocycles. The lowest BCUT2D eigenvalue weighted by Gasteiger charge is -2.48. The van der Waals surface area contributed by atoms with Crippen LogP contribution in [0.1, 0.15) is 27.2 Å². The highest BCUT2D eigenvalue weighted by molar-refractivity contribution is 5.76. The first kappa shape index (κ1) is 53.6. The van der Waals surface area contributed by atoms with Gasteiger partial charge in [0.05, 0.1) is 50.8 Å². The zero-order valence-corrected chi connectivity index (χ0v) is 34.1. The highest BCUT2D eigenvalue weighted by Crippen LogP contribution is 2.38. The smallest absolute Gasteiger partial charge is 0.364 e. The van der Waals surface area contributed by atoms with Crippen molar-refractivity contribution in [2.24, 2.45) is 0 Å². The molecule has 63 heavy (non-hydrogen) atoms. The number of carboxylic acids is 1. The van der Waals surface area contributed by atoms with Crippen LogP contribution in [0, 0.1) is 0 Å². The Hall–Kier alpha value is -2.02. The number of carboxylic acid groups (broad SMARTS) is 1. The van der Waals surface area contributed by atoms with E-state index >= 15 is 0 Å². The number of hydrogen-bond acceptors (Lipinski definition) is 26. The third-order valence-electron chi connectivity index (χ3n) is 11.3. The first-order valence-corrected chi connectivity index (χ1v) is 19.9. The van der Waals surface area contributed by atoms with E-state index in [4.69, 9.17) is 37.9 Å². The Morgan fingerprint density at radius 3 is 1.75 bits per heavy atom. The number of rotatable bonds is 19. The Bertz CT molecular complexity index is 1450. The Kier molecular flexibility index (Phi) is 19.3. The van der Waals surface area contributed by atoms with Gasteiger partial charge in [-0.2, -0.15) is 0 Å². The third-order valence-corrected chi connectivity index (χ3v) is 11.3. The first-order chi connectivity index (χ1) is 29.4. The second-order valence-corrected chi connectivity index (χ2v) is 15.9. The van der Waals surface area contributed by atoms with Gasteiger partial charge in [-0.05, 0) is 13.8 Å². The maximum Gasteiger partial charge on any atom is 0.364 e. The number of amides is 1. The van der Waals surface area contributed by atoms with Crippen molar-refractivity contribution in [3.05, 3.63) is 0 Å². The first-order valence-electron chi connectivity index (χ1n) is 19.9. The summed E-state index contributed by atoms with van der Waals surface area (Å²) in [5.74, 6) is -6.04. The number of ether oxygens (including phenoxy) is 8. The molecule has 18 N–H and O–H groups in total. The van der Waals surface area contributed by atoms with E-state index in [2.05, 4.69) is 5.32 Å². The van der Waals surface area contributed by atoms with E-state index in [0.717, 1.165) is 6.92 Å². The maximum absolute atomic E-state index is 13.0. The van der Waals surface area contributed by atoms with E-state index < -0.39 is 198 Å². The molecule has 1 amide bonds. The molecule has 0 unspecified atom stereocenters. The second kappa shape index (κ2) is 22.6. The predicted octanol–water partition coefficient (Wildman–Crippen LogP) is -10.9. The monoisotopic (exact) mass is 927 g/mol. The van der Waals surface area contributed by atoms with Crippen LogP contribution < -0.4 is 5.32 Å². The zero-order chi connectivity index (χ0) is 47.4. The summed E-state index contributed by atoms with van der Waals surface area (Å²) < 4.78 is 44.5. The second-order valence-electron chi connectivity index (χ2n) is 15.9. The molecular formula is C35H61NO27. The number of nitrogens with one attached hydrogen (secondary N) is 1. The summed E-state index contributed by atoms with van der Waals surface area (Å²) in [5, 5.41) is 181. The van der Waals surface area contributed by atoms with Gasteiger partial charge in [-0.15, -0.1) is 0 Å². The van der Waals surface area contributed by atoms with Crippen LogP contribution in [0.3, 0.4) is 0 Å². The van der Waals surface area contributed by atoms with Crippen LogP contribution >= 0.6 is 0 Å². The van der Waals surface area contributed by atoms with Gasteiger partial charge in [0, 0.05) is 13.3 Å². The lowest BCUT2D eigenvalue weighted by molar-refractivity contribution is -0.374. The van der Waals surface area contributed by atoms with Crippen LogP contribution in [0.4, 0.5) is 0 Å². The molecule has 0 saturated carbocycles. The van der Waals surface area contributed by atoms with Gasteiger partial charge >= 0.3 is 5.97 Å². The minimum Gasteiger partial charge on any atom is -0.477 e. The van der Waals surface area contributed by atoms with Gasteiger partial charge in [0.2, 0.25) is 5.91 Å². The molecule has 0 radical (unpaired) electrons. The standard InChI is InChI=1S/C35H61NO27/c1-9-17(43)23(49)26(52)31(57-9)59-15-4-35(34(54)55,63-29(22(15)48)19(45)13(41)6-38)56-8-14(42)20(46)28(12(5-37)36-11(3)40)61-33-30(25(51)21(47)16(7-39)60-33)62-32-27(53)24(50)18(44)10(2)58-32/h9-10,12-33,37-39,41-53H,4-8H2,1-3H3,(H,36,40)(H,54,55)/t9-,10-,12-,13+,14+,15-,16+,17+,18+,19+,20-,21-,22+,23+,24+,25-,26-,27-,28+,29-,30+,31-,32-,33+,35+/m0/s1. The van der Waals surface area contributed by atoms with Crippen molar-refractivity contribution in [2.45, 2.75) is 180 Å². The molecule has 28 heteroatoms. The number of carbonyl (C=O) groups excluding carboxylic acids is 1. The molecule has 0 aliphatic carbocycles. The lowest BCUT2D eigenvalue weighted by Crippen LogP contribution is -2.67. The van der Waals surface area contributed by atoms with Gasteiger partial charge in [0.25, 0.3) is 5.79 Å². The van der Waals surface area contributed by atoms with Crippen molar-refractivity contribution >= 4 is 11.9 Å². The molecular weight excluding hydrogens is 866 g/mol. The van der Waals surface area contributed by atoms with E-state index in [0.29, 0.717) is 0 Å². The normalized spacial score (nSPS) is 44.2. The van der Waals surface area contributed by atoms with Crippen molar-refractivity contribution in [2.75, 3.05) is 26.4 Å². The molecule has 368 valence electrons. The summed E-state index contributed by atoms with van der Waals surface area (Å²) in [6, 6.07) is -1.73. The molecule has 4 rings (SSSR count). The van der Waals surface area contributed by atoms with Crippen molar-refractivity contribution in [1.29, 1.82) is 0 Å². The molecule has 4 aliphatic heterocycles. The fourth-order valence-electron chi connectivity index (χ4n) is 7.44. The highest BCUT2D eigenvalue weighted by atomic mass is 16.8. The number of hydrogen-bond donors (Lipinski definition) is 18. The van der Waals surface area contributed by atoms with Crippen molar-refractivity contribution in [3.63, 3.8) is 0 Å². The van der Waals surface area contributed by atoms with Crippen LogP contribution in [0.2, 0.25) is 0 Å². The molecule has 0 aromatic heterocycles. The molecule has 0 spiro atoms. The fourth-order valence-corrected chi connectivity index (χ4v) is 7.44. The average Bonchev–Trinajstić information content (AvgIpc) is 3.25. The van der Waals surface area contributed by atoms with Crippen LogP contribution in [0.25, 0.3) is 0 Å². The summed E-state index contributed by atoms with van der Waals surface area (Å²) in [6.07, 6.45) is -45.6. The maximum atomic E-state index is 13.0. The van der Waals surface area contributed by atoms with Gasteiger partial charge in [0.1, 0.15) is 104 Å². The third kappa shape index (κ3) is 11.9. The van der Waals surface area contributed by atoms with Crippen molar-refractivity contribution in [1.82, 2.24) is 5.32 Å². The van der Waals surface area contributed by atoms with Crippen molar-refractivity contribution in [3.8, 4) is 0 Å². The Labute approximate surface area is 357 Å².